The lowest BCUT2D eigenvalue weighted by molar-refractivity contribution is -0.148. The number of hydrogen-bond donors (Lipinski definition) is 0. The molecule has 1 aromatic carbocycles. The molecule has 1 heterocycles. The molecule has 0 aromatic heterocycles. The van der Waals surface area contributed by atoms with Crippen LogP contribution in [0.1, 0.15) is 24.8 Å². The van der Waals surface area contributed by atoms with Gasteiger partial charge in [0.05, 0.1) is 14.2 Å². The van der Waals surface area contributed by atoms with Crippen LogP contribution in [0.25, 0.3) is 0 Å². The number of piperidine rings is 1. The molecular formula is C15H20ClNO3. The fourth-order valence-corrected chi connectivity index (χ4v) is 2.87. The quantitative estimate of drug-likeness (QED) is 0.801. The summed E-state index contributed by atoms with van der Waals surface area (Å²) in [5, 5.41) is 0.674. The van der Waals surface area contributed by atoms with Gasteiger partial charge in [0.2, 0.25) is 0 Å². The summed E-state index contributed by atoms with van der Waals surface area (Å²) in [6.45, 7) is 1.53. The maximum absolute atomic E-state index is 11.9. The van der Waals surface area contributed by atoms with Crippen molar-refractivity contribution in [1.82, 2.24) is 4.90 Å². The molecule has 0 aliphatic carbocycles. The topological polar surface area (TPSA) is 38.8 Å². The van der Waals surface area contributed by atoms with Crippen molar-refractivity contribution in [2.45, 2.75) is 31.8 Å². The number of rotatable bonds is 4. The molecule has 110 valence electrons. The first kappa shape index (κ1) is 15.1. The van der Waals surface area contributed by atoms with Crippen molar-refractivity contribution in [3.63, 3.8) is 0 Å². The Kier molecular flexibility index (Phi) is 5.26. The summed E-state index contributed by atoms with van der Waals surface area (Å²) in [4.78, 5) is 14.0. The van der Waals surface area contributed by atoms with Gasteiger partial charge in [0.25, 0.3) is 0 Å². The number of ether oxygens (including phenoxy) is 2. The lowest BCUT2D eigenvalue weighted by atomic mass is 10.0. The zero-order chi connectivity index (χ0) is 14.5. The molecule has 1 fully saturated rings. The molecule has 1 aliphatic rings. The number of methoxy groups -OCH3 is 2. The van der Waals surface area contributed by atoms with Crippen LogP contribution >= 0.6 is 11.6 Å². The molecule has 1 atom stereocenters. The minimum Gasteiger partial charge on any atom is -0.496 e. The van der Waals surface area contributed by atoms with E-state index in [1.165, 1.54) is 7.11 Å². The zero-order valence-corrected chi connectivity index (χ0v) is 12.7. The monoisotopic (exact) mass is 297 g/mol. The van der Waals surface area contributed by atoms with E-state index >= 15 is 0 Å². The van der Waals surface area contributed by atoms with Crippen LogP contribution in [0.5, 0.6) is 5.75 Å². The second-order valence-corrected chi connectivity index (χ2v) is 5.40. The highest BCUT2D eigenvalue weighted by Crippen LogP contribution is 2.27. The third-order valence-corrected chi connectivity index (χ3v) is 3.94. The van der Waals surface area contributed by atoms with Crippen molar-refractivity contribution in [3.05, 3.63) is 28.8 Å². The van der Waals surface area contributed by atoms with E-state index in [0.29, 0.717) is 11.6 Å². The molecule has 0 radical (unpaired) electrons. The Bertz CT molecular complexity index is 478. The highest BCUT2D eigenvalue weighted by molar-refractivity contribution is 6.30. The fourth-order valence-electron chi connectivity index (χ4n) is 2.67. The first-order valence-electron chi connectivity index (χ1n) is 6.80. The number of esters is 1. The maximum Gasteiger partial charge on any atom is 0.323 e. The second kappa shape index (κ2) is 6.95. The third-order valence-electron chi connectivity index (χ3n) is 3.70. The van der Waals surface area contributed by atoms with Crippen LogP contribution in [0.4, 0.5) is 0 Å². The van der Waals surface area contributed by atoms with Crippen LogP contribution in [-0.4, -0.2) is 37.7 Å². The van der Waals surface area contributed by atoms with Crippen LogP contribution in [0.2, 0.25) is 5.02 Å². The summed E-state index contributed by atoms with van der Waals surface area (Å²) >= 11 is 6.05. The van der Waals surface area contributed by atoms with E-state index in [1.54, 1.807) is 13.2 Å². The Balaban J connectivity index is 2.18. The summed E-state index contributed by atoms with van der Waals surface area (Å²) in [6, 6.07) is 5.38. The van der Waals surface area contributed by atoms with E-state index in [1.807, 2.05) is 12.1 Å². The van der Waals surface area contributed by atoms with E-state index in [0.717, 1.165) is 37.1 Å². The molecule has 0 amide bonds. The van der Waals surface area contributed by atoms with E-state index < -0.39 is 0 Å². The number of hydrogen-bond acceptors (Lipinski definition) is 4. The molecule has 4 nitrogen and oxygen atoms in total. The molecule has 1 aromatic rings. The van der Waals surface area contributed by atoms with Gasteiger partial charge in [0.15, 0.2) is 0 Å². The molecule has 20 heavy (non-hydrogen) atoms. The molecule has 0 spiro atoms. The predicted octanol–water partition coefficient (Wildman–Crippen LogP) is 2.88. The molecule has 1 saturated heterocycles. The number of likely N-dealkylation sites (tertiary alicyclic amines) is 1. The van der Waals surface area contributed by atoms with Crippen LogP contribution in [0, 0.1) is 0 Å². The summed E-state index contributed by atoms with van der Waals surface area (Å²) in [5.74, 6) is 0.634. The minimum absolute atomic E-state index is 0.161. The normalized spacial score (nSPS) is 19.6. The summed E-state index contributed by atoms with van der Waals surface area (Å²) in [5.41, 5.74) is 0.996. The average molecular weight is 298 g/mol. The smallest absolute Gasteiger partial charge is 0.323 e. The van der Waals surface area contributed by atoms with Crippen LogP contribution in [-0.2, 0) is 16.1 Å². The Labute approximate surface area is 124 Å². The van der Waals surface area contributed by atoms with Gasteiger partial charge in [-0.25, -0.2) is 0 Å². The highest BCUT2D eigenvalue weighted by atomic mass is 35.5. The van der Waals surface area contributed by atoms with Gasteiger partial charge >= 0.3 is 5.97 Å². The van der Waals surface area contributed by atoms with Gasteiger partial charge in [-0.1, -0.05) is 18.0 Å². The number of carbonyl (C=O) groups is 1. The highest BCUT2D eigenvalue weighted by Gasteiger charge is 2.29. The van der Waals surface area contributed by atoms with Crippen molar-refractivity contribution in [2.75, 3.05) is 20.8 Å². The zero-order valence-electron chi connectivity index (χ0n) is 11.9. The molecular weight excluding hydrogens is 278 g/mol. The van der Waals surface area contributed by atoms with Crippen molar-refractivity contribution in [1.29, 1.82) is 0 Å². The van der Waals surface area contributed by atoms with Crippen molar-refractivity contribution in [2.24, 2.45) is 0 Å². The van der Waals surface area contributed by atoms with Gasteiger partial charge in [-0.3, -0.25) is 9.69 Å². The predicted molar refractivity (Wildman–Crippen MR) is 78.1 cm³/mol. The van der Waals surface area contributed by atoms with E-state index in [-0.39, 0.29) is 12.0 Å². The molecule has 0 saturated carbocycles. The van der Waals surface area contributed by atoms with E-state index in [2.05, 4.69) is 4.90 Å². The van der Waals surface area contributed by atoms with Gasteiger partial charge in [-0.15, -0.1) is 0 Å². The lowest BCUT2D eigenvalue weighted by Crippen LogP contribution is -2.44. The van der Waals surface area contributed by atoms with Crippen molar-refractivity contribution < 1.29 is 14.3 Å². The average Bonchev–Trinajstić information content (AvgIpc) is 2.47. The second-order valence-electron chi connectivity index (χ2n) is 4.96. The minimum atomic E-state index is -0.169. The number of nitrogens with zero attached hydrogens (tertiary/aromatic N) is 1. The van der Waals surface area contributed by atoms with Gasteiger partial charge in [-0.05, 0) is 37.6 Å². The van der Waals surface area contributed by atoms with E-state index in [9.17, 15) is 4.79 Å². The van der Waals surface area contributed by atoms with Gasteiger partial charge < -0.3 is 9.47 Å². The number of halogens is 1. The lowest BCUT2D eigenvalue weighted by Gasteiger charge is -2.34. The molecule has 2 rings (SSSR count). The number of benzene rings is 1. The van der Waals surface area contributed by atoms with Crippen molar-refractivity contribution >= 4 is 17.6 Å². The summed E-state index contributed by atoms with van der Waals surface area (Å²) in [7, 11) is 3.08. The molecule has 1 aliphatic heterocycles. The largest absolute Gasteiger partial charge is 0.496 e. The van der Waals surface area contributed by atoms with Crippen LogP contribution in [0.15, 0.2) is 18.2 Å². The maximum atomic E-state index is 11.9. The van der Waals surface area contributed by atoms with Gasteiger partial charge in [0.1, 0.15) is 11.8 Å². The fraction of sp³-hybridized carbons (Fsp3) is 0.533. The standard InChI is InChI=1S/C15H20ClNO3/c1-19-14-7-6-12(16)9-11(14)10-17-8-4-3-5-13(17)15(18)20-2/h6-7,9,13H,3-5,8,10H2,1-2H3. The van der Waals surface area contributed by atoms with Crippen LogP contribution < -0.4 is 4.74 Å². The summed E-state index contributed by atoms with van der Waals surface area (Å²) in [6.07, 6.45) is 2.99. The summed E-state index contributed by atoms with van der Waals surface area (Å²) < 4.78 is 10.3. The number of carbonyl (C=O) groups excluding carboxylic acids is 1. The van der Waals surface area contributed by atoms with Gasteiger partial charge in [0, 0.05) is 17.1 Å². The van der Waals surface area contributed by atoms with E-state index in [4.69, 9.17) is 21.1 Å². The third kappa shape index (κ3) is 3.44. The molecule has 0 bridgehead atoms. The first-order chi connectivity index (χ1) is 9.65. The molecule has 1 unspecified atom stereocenters. The Morgan fingerprint density at radius 2 is 2.20 bits per heavy atom. The first-order valence-corrected chi connectivity index (χ1v) is 7.17. The SMILES string of the molecule is COC(=O)C1CCCCN1Cc1cc(Cl)ccc1OC. The van der Waals surface area contributed by atoms with Crippen LogP contribution in [0.3, 0.4) is 0 Å². The van der Waals surface area contributed by atoms with Gasteiger partial charge in [-0.2, -0.15) is 0 Å². The molecule has 5 heteroatoms. The van der Waals surface area contributed by atoms with Crippen molar-refractivity contribution in [3.8, 4) is 5.75 Å². The molecule has 0 N–H and O–H groups in total. The Hall–Kier alpha value is -1.26. The Morgan fingerprint density at radius 1 is 1.40 bits per heavy atom. The Morgan fingerprint density at radius 3 is 2.90 bits per heavy atom.